The van der Waals surface area contributed by atoms with Gasteiger partial charge in [-0.25, -0.2) is 4.39 Å². The number of aliphatic hydroxyl groups is 1. The van der Waals surface area contributed by atoms with Crippen molar-refractivity contribution in [2.75, 3.05) is 25.9 Å². The largest absolute Gasteiger partial charge is 0.385 e. The molecule has 0 spiro atoms. The second-order valence-electron chi connectivity index (χ2n) is 4.79. The van der Waals surface area contributed by atoms with Crippen LogP contribution in [-0.4, -0.2) is 35.9 Å². The van der Waals surface area contributed by atoms with Gasteiger partial charge in [-0.05, 0) is 31.7 Å². The normalized spacial score (nSPS) is 20.0. The smallest absolute Gasteiger partial charge is 0.142 e. The summed E-state index contributed by atoms with van der Waals surface area (Å²) in [5.74, 6) is -0.252. The number of halogens is 1. The second-order valence-corrected chi connectivity index (χ2v) is 5.64. The van der Waals surface area contributed by atoms with E-state index >= 15 is 0 Å². The lowest BCUT2D eigenvalue weighted by molar-refractivity contribution is -0.0276. The summed E-state index contributed by atoms with van der Waals surface area (Å²) in [5, 5.41) is 10.7. The number of rotatable bonds is 3. The summed E-state index contributed by atoms with van der Waals surface area (Å²) in [6.07, 6.45) is 3.07. The SMILES string of the molecule is CCN1CCC(O)(c2cccc(SC)c2F)CC1. The lowest BCUT2D eigenvalue weighted by Gasteiger charge is -2.38. The highest BCUT2D eigenvalue weighted by Gasteiger charge is 2.36. The highest BCUT2D eigenvalue weighted by molar-refractivity contribution is 7.98. The van der Waals surface area contributed by atoms with Gasteiger partial charge in [-0.2, -0.15) is 0 Å². The number of likely N-dealkylation sites (tertiary alicyclic amines) is 1. The zero-order valence-corrected chi connectivity index (χ0v) is 11.8. The first kappa shape index (κ1) is 13.8. The Morgan fingerprint density at radius 1 is 1.39 bits per heavy atom. The third kappa shape index (κ3) is 2.56. The number of piperidine rings is 1. The first-order valence-electron chi connectivity index (χ1n) is 6.38. The van der Waals surface area contributed by atoms with Gasteiger partial charge in [-0.3, -0.25) is 0 Å². The molecule has 0 amide bonds. The van der Waals surface area contributed by atoms with Crippen LogP contribution in [0.4, 0.5) is 4.39 Å². The first-order chi connectivity index (χ1) is 8.60. The Bertz CT molecular complexity index is 416. The van der Waals surface area contributed by atoms with Crippen LogP contribution in [0.3, 0.4) is 0 Å². The van der Waals surface area contributed by atoms with Crippen LogP contribution in [0.2, 0.25) is 0 Å². The van der Waals surface area contributed by atoms with Crippen LogP contribution in [0.25, 0.3) is 0 Å². The molecule has 1 aromatic rings. The maximum Gasteiger partial charge on any atom is 0.142 e. The van der Waals surface area contributed by atoms with Crippen molar-refractivity contribution in [1.29, 1.82) is 0 Å². The van der Waals surface area contributed by atoms with E-state index in [1.54, 1.807) is 12.1 Å². The Labute approximate surface area is 112 Å². The van der Waals surface area contributed by atoms with E-state index in [9.17, 15) is 9.50 Å². The highest BCUT2D eigenvalue weighted by Crippen LogP contribution is 2.36. The Balaban J connectivity index is 2.26. The first-order valence-corrected chi connectivity index (χ1v) is 7.61. The van der Waals surface area contributed by atoms with Crippen molar-refractivity contribution < 1.29 is 9.50 Å². The summed E-state index contributed by atoms with van der Waals surface area (Å²) < 4.78 is 14.3. The minimum absolute atomic E-state index is 0.252. The molecule has 2 rings (SSSR count). The molecule has 1 aromatic carbocycles. The predicted octanol–water partition coefficient (Wildman–Crippen LogP) is 2.85. The van der Waals surface area contributed by atoms with Crippen LogP contribution in [0.1, 0.15) is 25.3 Å². The fourth-order valence-electron chi connectivity index (χ4n) is 2.54. The predicted molar refractivity (Wildman–Crippen MR) is 73.4 cm³/mol. The molecule has 0 radical (unpaired) electrons. The molecule has 1 fully saturated rings. The molecule has 18 heavy (non-hydrogen) atoms. The zero-order valence-electron chi connectivity index (χ0n) is 10.9. The monoisotopic (exact) mass is 269 g/mol. The van der Waals surface area contributed by atoms with Crippen molar-refractivity contribution in [2.45, 2.75) is 30.3 Å². The summed E-state index contributed by atoms with van der Waals surface area (Å²) in [6, 6.07) is 5.30. The summed E-state index contributed by atoms with van der Waals surface area (Å²) in [7, 11) is 0. The molecule has 1 aliphatic heterocycles. The molecular formula is C14H20FNOS. The van der Waals surface area contributed by atoms with Gasteiger partial charge < -0.3 is 10.0 Å². The molecule has 4 heteroatoms. The maximum absolute atomic E-state index is 14.3. The standard InChI is InChI=1S/C14H20FNOS/c1-3-16-9-7-14(17,8-10-16)11-5-4-6-12(18-2)13(11)15/h4-6,17H,3,7-10H2,1-2H3. The molecule has 0 bridgehead atoms. The van der Waals surface area contributed by atoms with Crippen LogP contribution >= 0.6 is 11.8 Å². The average Bonchev–Trinajstić information content (AvgIpc) is 2.40. The van der Waals surface area contributed by atoms with Crippen LogP contribution in [0.15, 0.2) is 23.1 Å². The van der Waals surface area contributed by atoms with Crippen LogP contribution in [0, 0.1) is 5.82 Å². The van der Waals surface area contributed by atoms with Crippen molar-refractivity contribution >= 4 is 11.8 Å². The van der Waals surface area contributed by atoms with Crippen molar-refractivity contribution in [3.8, 4) is 0 Å². The summed E-state index contributed by atoms with van der Waals surface area (Å²) in [5.41, 5.74) is -0.535. The third-order valence-corrected chi connectivity index (χ3v) is 4.57. The van der Waals surface area contributed by atoms with E-state index in [1.807, 2.05) is 12.3 Å². The molecular weight excluding hydrogens is 249 g/mol. The molecule has 2 nitrogen and oxygen atoms in total. The number of nitrogens with zero attached hydrogens (tertiary/aromatic N) is 1. The molecule has 1 heterocycles. The maximum atomic E-state index is 14.3. The molecule has 0 atom stereocenters. The van der Waals surface area contributed by atoms with E-state index in [0.29, 0.717) is 23.3 Å². The van der Waals surface area contributed by atoms with Gasteiger partial charge in [-0.1, -0.05) is 19.1 Å². The van der Waals surface area contributed by atoms with E-state index < -0.39 is 5.60 Å². The second kappa shape index (κ2) is 5.59. The topological polar surface area (TPSA) is 23.5 Å². The molecule has 100 valence electrons. The lowest BCUT2D eigenvalue weighted by Crippen LogP contribution is -2.42. The van der Waals surface area contributed by atoms with Crippen LogP contribution in [-0.2, 0) is 5.60 Å². The quantitative estimate of drug-likeness (QED) is 0.854. The molecule has 1 saturated heterocycles. The third-order valence-electron chi connectivity index (χ3n) is 3.81. The number of benzene rings is 1. The van der Waals surface area contributed by atoms with Gasteiger partial charge in [0.25, 0.3) is 0 Å². The van der Waals surface area contributed by atoms with E-state index in [-0.39, 0.29) is 5.82 Å². The van der Waals surface area contributed by atoms with E-state index in [4.69, 9.17) is 0 Å². The summed E-state index contributed by atoms with van der Waals surface area (Å²) in [4.78, 5) is 2.89. The number of hydrogen-bond donors (Lipinski definition) is 1. The summed E-state index contributed by atoms with van der Waals surface area (Å²) >= 11 is 1.38. The minimum atomic E-state index is -0.999. The fraction of sp³-hybridized carbons (Fsp3) is 0.571. The van der Waals surface area contributed by atoms with Crippen molar-refractivity contribution in [3.63, 3.8) is 0 Å². The Morgan fingerprint density at radius 3 is 2.61 bits per heavy atom. The van der Waals surface area contributed by atoms with Gasteiger partial charge in [0, 0.05) is 23.5 Å². The van der Waals surface area contributed by atoms with Crippen molar-refractivity contribution in [3.05, 3.63) is 29.6 Å². The molecule has 0 aliphatic carbocycles. The van der Waals surface area contributed by atoms with E-state index in [2.05, 4.69) is 11.8 Å². The van der Waals surface area contributed by atoms with Gasteiger partial charge in [0.2, 0.25) is 0 Å². The molecule has 1 N–H and O–H groups in total. The van der Waals surface area contributed by atoms with E-state index in [1.165, 1.54) is 11.8 Å². The Kier molecular flexibility index (Phi) is 4.30. The van der Waals surface area contributed by atoms with Gasteiger partial charge in [0.1, 0.15) is 5.82 Å². The van der Waals surface area contributed by atoms with Crippen LogP contribution < -0.4 is 0 Å². The molecule has 0 aromatic heterocycles. The number of hydrogen-bond acceptors (Lipinski definition) is 3. The van der Waals surface area contributed by atoms with Gasteiger partial charge in [0.15, 0.2) is 0 Å². The van der Waals surface area contributed by atoms with Gasteiger partial charge >= 0.3 is 0 Å². The van der Waals surface area contributed by atoms with Crippen LogP contribution in [0.5, 0.6) is 0 Å². The van der Waals surface area contributed by atoms with Gasteiger partial charge in [-0.15, -0.1) is 11.8 Å². The summed E-state index contributed by atoms with van der Waals surface area (Å²) in [6.45, 7) is 4.76. The zero-order chi connectivity index (χ0) is 13.2. The van der Waals surface area contributed by atoms with Crippen molar-refractivity contribution in [2.24, 2.45) is 0 Å². The highest BCUT2D eigenvalue weighted by atomic mass is 32.2. The molecule has 0 unspecified atom stereocenters. The van der Waals surface area contributed by atoms with E-state index in [0.717, 1.165) is 19.6 Å². The Hall–Kier alpha value is -0.580. The molecule has 0 saturated carbocycles. The van der Waals surface area contributed by atoms with Crippen molar-refractivity contribution in [1.82, 2.24) is 4.90 Å². The Morgan fingerprint density at radius 2 is 2.06 bits per heavy atom. The minimum Gasteiger partial charge on any atom is -0.385 e. The molecule has 1 aliphatic rings. The lowest BCUT2D eigenvalue weighted by atomic mass is 9.84. The fourth-order valence-corrected chi connectivity index (χ4v) is 3.04. The number of thioether (sulfide) groups is 1. The average molecular weight is 269 g/mol. The van der Waals surface area contributed by atoms with Gasteiger partial charge in [0.05, 0.1) is 5.60 Å².